The fourth-order valence-electron chi connectivity index (χ4n) is 3.13. The van der Waals surface area contributed by atoms with Gasteiger partial charge in [0.1, 0.15) is 22.3 Å². The van der Waals surface area contributed by atoms with Crippen LogP contribution in [0.3, 0.4) is 0 Å². The third-order valence-electron chi connectivity index (χ3n) is 4.18. The molecule has 1 saturated heterocycles. The van der Waals surface area contributed by atoms with E-state index in [2.05, 4.69) is 16.1 Å². The highest BCUT2D eigenvalue weighted by Gasteiger charge is 2.21. The highest BCUT2D eigenvalue weighted by molar-refractivity contribution is 6.08. The SMILES string of the molecule is COc1cccc2c(N3CCOCC3)c3c(cnn3C)nc12. The number of methoxy groups -OCH3 is 1. The van der Waals surface area contributed by atoms with E-state index in [1.165, 1.54) is 5.69 Å². The number of ether oxygens (including phenoxy) is 2. The lowest BCUT2D eigenvalue weighted by Gasteiger charge is -2.30. The van der Waals surface area contributed by atoms with E-state index in [1.807, 2.05) is 30.1 Å². The second kappa shape index (κ2) is 5.14. The Bertz CT molecular complexity index is 837. The maximum atomic E-state index is 5.50. The zero-order valence-corrected chi connectivity index (χ0v) is 12.7. The molecule has 4 rings (SSSR count). The summed E-state index contributed by atoms with van der Waals surface area (Å²) < 4.78 is 12.9. The summed E-state index contributed by atoms with van der Waals surface area (Å²) in [5.41, 5.74) is 4.00. The first-order chi connectivity index (χ1) is 10.8. The Morgan fingerprint density at radius 2 is 2.05 bits per heavy atom. The van der Waals surface area contributed by atoms with E-state index in [-0.39, 0.29) is 0 Å². The molecule has 2 aromatic heterocycles. The van der Waals surface area contributed by atoms with Crippen LogP contribution < -0.4 is 9.64 Å². The number of pyridine rings is 1. The molecule has 0 radical (unpaired) electrons. The molecule has 0 amide bonds. The molecule has 0 bridgehead atoms. The van der Waals surface area contributed by atoms with Crippen LogP contribution in [0.4, 0.5) is 5.69 Å². The van der Waals surface area contributed by atoms with Crippen LogP contribution in [0, 0.1) is 0 Å². The number of hydrogen-bond acceptors (Lipinski definition) is 5. The number of anilines is 1. The van der Waals surface area contributed by atoms with Crippen LogP contribution in [-0.4, -0.2) is 48.2 Å². The molecule has 0 atom stereocenters. The molecule has 0 N–H and O–H groups in total. The largest absolute Gasteiger partial charge is 0.494 e. The van der Waals surface area contributed by atoms with Crippen LogP contribution >= 0.6 is 0 Å². The number of benzene rings is 1. The lowest BCUT2D eigenvalue weighted by Crippen LogP contribution is -2.36. The standard InChI is InChI=1S/C16H18N4O2/c1-19-16-12(10-17-19)18-14-11(4-3-5-13(14)21-2)15(16)20-6-8-22-9-7-20/h3-5,10H,6-9H2,1-2H3. The van der Waals surface area contributed by atoms with E-state index in [4.69, 9.17) is 14.5 Å². The van der Waals surface area contributed by atoms with Crippen molar-refractivity contribution in [2.75, 3.05) is 38.3 Å². The van der Waals surface area contributed by atoms with Crippen LogP contribution in [0.25, 0.3) is 21.9 Å². The Kier molecular flexibility index (Phi) is 3.11. The lowest BCUT2D eigenvalue weighted by molar-refractivity contribution is 0.123. The van der Waals surface area contributed by atoms with Gasteiger partial charge in [0.15, 0.2) is 0 Å². The van der Waals surface area contributed by atoms with Crippen molar-refractivity contribution < 1.29 is 9.47 Å². The quantitative estimate of drug-likeness (QED) is 0.724. The lowest BCUT2D eigenvalue weighted by atomic mass is 10.1. The summed E-state index contributed by atoms with van der Waals surface area (Å²) >= 11 is 0. The molecular weight excluding hydrogens is 280 g/mol. The molecule has 1 aromatic carbocycles. The average molecular weight is 298 g/mol. The summed E-state index contributed by atoms with van der Waals surface area (Å²) in [5.74, 6) is 0.790. The molecule has 3 heterocycles. The Balaban J connectivity index is 2.09. The fourth-order valence-corrected chi connectivity index (χ4v) is 3.13. The van der Waals surface area contributed by atoms with Gasteiger partial charge in [-0.15, -0.1) is 0 Å². The molecule has 1 aliphatic heterocycles. The zero-order chi connectivity index (χ0) is 15.1. The van der Waals surface area contributed by atoms with Crippen LogP contribution in [0.5, 0.6) is 5.75 Å². The van der Waals surface area contributed by atoms with Crippen molar-refractivity contribution >= 4 is 27.6 Å². The molecule has 6 nitrogen and oxygen atoms in total. The van der Waals surface area contributed by atoms with Gasteiger partial charge in [-0.3, -0.25) is 4.68 Å². The normalized spacial score (nSPS) is 15.6. The van der Waals surface area contributed by atoms with E-state index in [1.54, 1.807) is 7.11 Å². The predicted octanol–water partition coefficient (Wildman–Crippen LogP) is 1.97. The number of nitrogens with zero attached hydrogens (tertiary/aromatic N) is 4. The number of rotatable bonds is 2. The van der Waals surface area contributed by atoms with Crippen molar-refractivity contribution in [2.24, 2.45) is 7.05 Å². The molecular formula is C16H18N4O2. The van der Waals surface area contributed by atoms with Gasteiger partial charge in [0.2, 0.25) is 0 Å². The number of para-hydroxylation sites is 1. The molecule has 0 spiro atoms. The van der Waals surface area contributed by atoms with Crippen LogP contribution in [0.15, 0.2) is 24.4 Å². The number of hydrogen-bond donors (Lipinski definition) is 0. The molecule has 0 saturated carbocycles. The summed E-state index contributed by atoms with van der Waals surface area (Å²) in [6, 6.07) is 6.05. The Morgan fingerprint density at radius 3 is 2.82 bits per heavy atom. The minimum atomic E-state index is 0.743. The van der Waals surface area contributed by atoms with Crippen molar-refractivity contribution in [1.82, 2.24) is 14.8 Å². The second-order valence-electron chi connectivity index (χ2n) is 5.42. The molecule has 6 heteroatoms. The van der Waals surface area contributed by atoms with E-state index in [0.29, 0.717) is 0 Å². The monoisotopic (exact) mass is 298 g/mol. The summed E-state index contributed by atoms with van der Waals surface area (Å²) in [6.07, 6.45) is 1.81. The smallest absolute Gasteiger partial charge is 0.145 e. The number of aryl methyl sites for hydroxylation is 1. The first-order valence-electron chi connectivity index (χ1n) is 7.40. The number of morpholine rings is 1. The highest BCUT2D eigenvalue weighted by atomic mass is 16.5. The van der Waals surface area contributed by atoms with Crippen LogP contribution in [0.1, 0.15) is 0 Å². The molecule has 1 aliphatic rings. The molecule has 0 unspecified atom stereocenters. The van der Waals surface area contributed by atoms with Gasteiger partial charge in [0.25, 0.3) is 0 Å². The van der Waals surface area contributed by atoms with Crippen molar-refractivity contribution in [2.45, 2.75) is 0 Å². The molecule has 114 valence electrons. The average Bonchev–Trinajstić information content (AvgIpc) is 2.94. The Hall–Kier alpha value is -2.34. The maximum absolute atomic E-state index is 5.50. The van der Waals surface area contributed by atoms with Crippen molar-refractivity contribution in [3.05, 3.63) is 24.4 Å². The topological polar surface area (TPSA) is 52.4 Å². The van der Waals surface area contributed by atoms with E-state index >= 15 is 0 Å². The molecule has 1 fully saturated rings. The Morgan fingerprint density at radius 1 is 1.23 bits per heavy atom. The van der Waals surface area contributed by atoms with Gasteiger partial charge in [-0.25, -0.2) is 4.98 Å². The first kappa shape index (κ1) is 13.3. The van der Waals surface area contributed by atoms with Crippen LogP contribution in [0.2, 0.25) is 0 Å². The Labute approximate surface area is 128 Å². The van der Waals surface area contributed by atoms with E-state index in [0.717, 1.165) is 54.0 Å². The summed E-state index contributed by atoms with van der Waals surface area (Å²) in [4.78, 5) is 7.12. The maximum Gasteiger partial charge on any atom is 0.145 e. The van der Waals surface area contributed by atoms with Crippen molar-refractivity contribution in [3.8, 4) is 5.75 Å². The molecule has 3 aromatic rings. The second-order valence-corrected chi connectivity index (χ2v) is 5.42. The van der Waals surface area contributed by atoms with Gasteiger partial charge in [-0.05, 0) is 6.07 Å². The van der Waals surface area contributed by atoms with Gasteiger partial charge in [-0.2, -0.15) is 5.10 Å². The zero-order valence-electron chi connectivity index (χ0n) is 12.7. The third kappa shape index (κ3) is 1.91. The first-order valence-corrected chi connectivity index (χ1v) is 7.40. The summed E-state index contributed by atoms with van der Waals surface area (Å²) in [5, 5.41) is 5.48. The fraction of sp³-hybridized carbons (Fsp3) is 0.375. The predicted molar refractivity (Wildman–Crippen MR) is 85.6 cm³/mol. The minimum absolute atomic E-state index is 0.743. The minimum Gasteiger partial charge on any atom is -0.494 e. The molecule has 22 heavy (non-hydrogen) atoms. The number of aromatic nitrogens is 3. The van der Waals surface area contributed by atoms with Gasteiger partial charge >= 0.3 is 0 Å². The third-order valence-corrected chi connectivity index (χ3v) is 4.18. The van der Waals surface area contributed by atoms with Crippen LogP contribution in [-0.2, 0) is 11.8 Å². The number of fused-ring (bicyclic) bond motifs is 2. The summed E-state index contributed by atoms with van der Waals surface area (Å²) in [6.45, 7) is 3.23. The molecule has 0 aliphatic carbocycles. The van der Waals surface area contributed by atoms with Crippen molar-refractivity contribution in [1.29, 1.82) is 0 Å². The summed E-state index contributed by atoms with van der Waals surface area (Å²) in [7, 11) is 3.64. The van der Waals surface area contributed by atoms with Crippen molar-refractivity contribution in [3.63, 3.8) is 0 Å². The van der Waals surface area contributed by atoms with Gasteiger partial charge in [-0.1, -0.05) is 12.1 Å². The van der Waals surface area contributed by atoms with Gasteiger partial charge in [0.05, 0.1) is 32.2 Å². The van der Waals surface area contributed by atoms with E-state index < -0.39 is 0 Å². The van der Waals surface area contributed by atoms with Gasteiger partial charge in [0, 0.05) is 25.5 Å². The van der Waals surface area contributed by atoms with E-state index in [9.17, 15) is 0 Å². The van der Waals surface area contributed by atoms with Gasteiger partial charge < -0.3 is 14.4 Å². The highest BCUT2D eigenvalue weighted by Crippen LogP contribution is 2.37.